The highest BCUT2D eigenvalue weighted by Crippen LogP contribution is 2.29. The van der Waals surface area contributed by atoms with Gasteiger partial charge in [0.05, 0.1) is 31.6 Å². The number of anilines is 2. The van der Waals surface area contributed by atoms with Crippen molar-refractivity contribution in [3.8, 4) is 11.1 Å². The molecule has 1 fully saturated rings. The summed E-state index contributed by atoms with van der Waals surface area (Å²) in [5, 5.41) is 5.63. The van der Waals surface area contributed by atoms with Gasteiger partial charge in [-0.3, -0.25) is 9.69 Å². The van der Waals surface area contributed by atoms with Crippen molar-refractivity contribution in [2.75, 3.05) is 30.4 Å². The number of hydrogen-bond acceptors (Lipinski definition) is 7. The number of ether oxygens (including phenoxy) is 1. The fourth-order valence-electron chi connectivity index (χ4n) is 4.17. The third-order valence-corrected chi connectivity index (χ3v) is 5.97. The summed E-state index contributed by atoms with van der Waals surface area (Å²) in [6.07, 6.45) is 2.16. The molecule has 0 aliphatic carbocycles. The van der Waals surface area contributed by atoms with E-state index in [-0.39, 0.29) is 19.0 Å². The van der Waals surface area contributed by atoms with Gasteiger partial charge in [-0.15, -0.1) is 0 Å². The fraction of sp³-hybridized carbons (Fsp3) is 0.240. The van der Waals surface area contributed by atoms with Crippen LogP contribution in [0.25, 0.3) is 22.3 Å². The maximum absolute atomic E-state index is 15.1. The van der Waals surface area contributed by atoms with E-state index in [1.807, 2.05) is 28.8 Å². The van der Waals surface area contributed by atoms with Crippen LogP contribution in [0.5, 0.6) is 0 Å². The zero-order valence-electron chi connectivity index (χ0n) is 19.7. The Morgan fingerprint density at radius 3 is 2.69 bits per heavy atom. The molecule has 1 atom stereocenters. The second-order valence-electron chi connectivity index (χ2n) is 8.43. The van der Waals surface area contributed by atoms with E-state index < -0.39 is 18.0 Å². The van der Waals surface area contributed by atoms with E-state index >= 15 is 4.39 Å². The molecule has 184 valence electrons. The van der Waals surface area contributed by atoms with Crippen LogP contribution in [0.4, 0.5) is 20.7 Å². The first-order valence-corrected chi connectivity index (χ1v) is 11.4. The average Bonchev–Trinajstić information content (AvgIpc) is 3.46. The van der Waals surface area contributed by atoms with E-state index in [0.29, 0.717) is 34.7 Å². The van der Waals surface area contributed by atoms with Crippen LogP contribution in [0.1, 0.15) is 12.5 Å². The Morgan fingerprint density at radius 2 is 1.97 bits per heavy atom. The number of nitrogens with one attached hydrogen (secondary N) is 2. The van der Waals surface area contributed by atoms with E-state index in [4.69, 9.17) is 4.74 Å². The van der Waals surface area contributed by atoms with Crippen LogP contribution < -0.4 is 15.5 Å². The van der Waals surface area contributed by atoms with Gasteiger partial charge in [-0.2, -0.15) is 0 Å². The van der Waals surface area contributed by atoms with Gasteiger partial charge in [0.25, 0.3) is 0 Å². The number of carbonyl (C=O) groups is 2. The molecule has 1 aliphatic rings. The number of hydrogen-bond donors (Lipinski definition) is 2. The minimum absolute atomic E-state index is 0.207. The fourth-order valence-corrected chi connectivity index (χ4v) is 4.17. The number of carbonyl (C=O) groups excluding carboxylic acids is 2. The van der Waals surface area contributed by atoms with Gasteiger partial charge in [0.2, 0.25) is 5.91 Å². The molecular weight excluding hydrogens is 465 g/mol. The lowest BCUT2D eigenvalue weighted by Crippen LogP contribution is -2.33. The predicted octanol–water partition coefficient (Wildman–Crippen LogP) is 3.18. The summed E-state index contributed by atoms with van der Waals surface area (Å²) in [6.45, 7) is 2.39. The van der Waals surface area contributed by atoms with Gasteiger partial charge in [-0.1, -0.05) is 24.3 Å². The summed E-state index contributed by atoms with van der Waals surface area (Å²) in [5.41, 5.74) is 3.96. The van der Waals surface area contributed by atoms with Crippen molar-refractivity contribution in [1.29, 1.82) is 0 Å². The Balaban J connectivity index is 1.30. The van der Waals surface area contributed by atoms with Crippen molar-refractivity contribution >= 4 is 34.7 Å². The molecule has 36 heavy (non-hydrogen) atoms. The quantitative estimate of drug-likeness (QED) is 0.410. The molecule has 2 amide bonds. The molecule has 0 saturated carbocycles. The normalized spacial score (nSPS) is 15.2. The summed E-state index contributed by atoms with van der Waals surface area (Å²) in [6, 6.07) is 12.2. The van der Waals surface area contributed by atoms with Crippen molar-refractivity contribution in [3.63, 3.8) is 0 Å². The average molecular weight is 490 g/mol. The molecule has 2 aromatic carbocycles. The van der Waals surface area contributed by atoms with Crippen LogP contribution in [0.3, 0.4) is 0 Å². The Bertz CT molecular complexity index is 1440. The summed E-state index contributed by atoms with van der Waals surface area (Å²) < 4.78 is 22.2. The number of amides is 2. The van der Waals surface area contributed by atoms with Crippen LogP contribution in [0, 0.1) is 5.82 Å². The molecule has 3 heterocycles. The first-order chi connectivity index (χ1) is 17.4. The first kappa shape index (κ1) is 23.2. The van der Waals surface area contributed by atoms with Crippen molar-refractivity contribution in [2.45, 2.75) is 19.6 Å². The second kappa shape index (κ2) is 9.61. The minimum atomic E-state index is -0.569. The third kappa shape index (κ3) is 4.54. The smallest absolute Gasteiger partial charge is 0.414 e. The molecule has 10 nitrogen and oxygen atoms in total. The largest absolute Gasteiger partial charge is 0.442 e. The number of rotatable bonds is 7. The van der Waals surface area contributed by atoms with E-state index in [1.165, 1.54) is 24.2 Å². The molecule has 0 radical (unpaired) electrons. The molecule has 11 heteroatoms. The zero-order valence-corrected chi connectivity index (χ0v) is 19.7. The van der Waals surface area contributed by atoms with Crippen LogP contribution in [-0.2, 0) is 16.1 Å². The van der Waals surface area contributed by atoms with Gasteiger partial charge < -0.3 is 19.9 Å². The highest BCUT2D eigenvalue weighted by atomic mass is 19.1. The van der Waals surface area contributed by atoms with Crippen LogP contribution in [-0.4, -0.2) is 57.8 Å². The molecule has 0 bridgehead atoms. The van der Waals surface area contributed by atoms with Crippen LogP contribution >= 0.6 is 0 Å². The number of imidazole rings is 1. The number of aromatic nitrogens is 4. The number of halogens is 1. The molecule has 1 unspecified atom stereocenters. The van der Waals surface area contributed by atoms with E-state index in [1.54, 1.807) is 25.5 Å². The second-order valence-corrected chi connectivity index (χ2v) is 8.43. The summed E-state index contributed by atoms with van der Waals surface area (Å²) in [5.74, 6) is 0.00918. The molecular formula is C25H24FN7O3. The molecule has 4 aromatic rings. The molecule has 5 rings (SSSR count). The number of benzene rings is 2. The van der Waals surface area contributed by atoms with E-state index in [9.17, 15) is 9.59 Å². The van der Waals surface area contributed by atoms with Crippen LogP contribution in [0.15, 0.2) is 55.1 Å². The molecule has 2 aromatic heterocycles. The molecule has 2 N–H and O–H groups in total. The summed E-state index contributed by atoms with van der Waals surface area (Å²) >= 11 is 0. The summed E-state index contributed by atoms with van der Waals surface area (Å²) in [4.78, 5) is 37.6. The molecule has 0 spiro atoms. The van der Waals surface area contributed by atoms with Crippen molar-refractivity contribution in [3.05, 3.63) is 66.5 Å². The Hall–Kier alpha value is -4.54. The highest BCUT2D eigenvalue weighted by Gasteiger charge is 2.32. The lowest BCUT2D eigenvalue weighted by molar-refractivity contribution is -0.119. The third-order valence-electron chi connectivity index (χ3n) is 5.97. The van der Waals surface area contributed by atoms with Gasteiger partial charge in [0.15, 0.2) is 11.5 Å². The number of cyclic esters (lactones) is 1. The Kier molecular flexibility index (Phi) is 6.19. The lowest BCUT2D eigenvalue weighted by atomic mass is 10.0. The number of nitrogens with zero attached hydrogens (tertiary/aromatic N) is 5. The minimum Gasteiger partial charge on any atom is -0.442 e. The van der Waals surface area contributed by atoms with Crippen molar-refractivity contribution in [1.82, 2.24) is 24.8 Å². The van der Waals surface area contributed by atoms with Gasteiger partial charge >= 0.3 is 6.09 Å². The summed E-state index contributed by atoms with van der Waals surface area (Å²) in [7, 11) is 1.78. The maximum Gasteiger partial charge on any atom is 0.414 e. The van der Waals surface area contributed by atoms with Gasteiger partial charge in [0.1, 0.15) is 23.8 Å². The first-order valence-electron chi connectivity index (χ1n) is 11.4. The van der Waals surface area contributed by atoms with Gasteiger partial charge in [-0.05, 0) is 29.3 Å². The van der Waals surface area contributed by atoms with Crippen LogP contribution in [0.2, 0.25) is 0 Å². The highest BCUT2D eigenvalue weighted by molar-refractivity contribution is 5.90. The lowest BCUT2D eigenvalue weighted by Gasteiger charge is -2.15. The van der Waals surface area contributed by atoms with Crippen molar-refractivity contribution in [2.24, 2.45) is 0 Å². The monoisotopic (exact) mass is 489 g/mol. The van der Waals surface area contributed by atoms with E-state index in [0.717, 1.165) is 11.2 Å². The predicted molar refractivity (Wildman–Crippen MR) is 132 cm³/mol. The standard InChI is InChI=1S/C25H24FN7O3/c1-15(34)28-10-19-12-33(25(35)36-19)18-7-8-20(21(26)9-18)17-5-3-16(4-6-17)11-32-14-31-22-23(27-2)29-13-30-24(22)32/h3-9,13-14,19H,10-12H2,1-2H3,(H,28,34)(H,27,29,30). The van der Waals surface area contributed by atoms with Gasteiger partial charge in [0, 0.05) is 19.5 Å². The Morgan fingerprint density at radius 1 is 1.17 bits per heavy atom. The molecule has 1 saturated heterocycles. The maximum atomic E-state index is 15.1. The number of fused-ring (bicyclic) bond motifs is 1. The molecule has 1 aliphatic heterocycles. The SMILES string of the molecule is CNc1ncnc2c1ncn2Cc1ccc(-c2ccc(N3CC(CNC(C)=O)OC3=O)cc2F)cc1. The van der Waals surface area contributed by atoms with Crippen molar-refractivity contribution < 1.29 is 18.7 Å². The Labute approximate surface area is 206 Å². The van der Waals surface area contributed by atoms with E-state index in [2.05, 4.69) is 25.6 Å². The van der Waals surface area contributed by atoms with Gasteiger partial charge in [-0.25, -0.2) is 24.1 Å². The zero-order chi connectivity index (χ0) is 25.2. The topological polar surface area (TPSA) is 114 Å².